The molecule has 112 valence electrons. The van der Waals surface area contributed by atoms with E-state index in [2.05, 4.69) is 40.6 Å². The van der Waals surface area contributed by atoms with Crippen molar-refractivity contribution in [3.05, 3.63) is 66.9 Å². The molecule has 23 heavy (non-hydrogen) atoms. The number of H-pyrrole nitrogens is 1. The monoisotopic (exact) mass is 299 g/mol. The summed E-state index contributed by atoms with van der Waals surface area (Å²) in [5, 5.41) is 3.62. The van der Waals surface area contributed by atoms with Gasteiger partial charge in [-0.3, -0.25) is 4.98 Å². The summed E-state index contributed by atoms with van der Waals surface area (Å²) in [4.78, 5) is 7.85. The summed E-state index contributed by atoms with van der Waals surface area (Å²) in [6.45, 7) is 7.77. The highest BCUT2D eigenvalue weighted by Crippen LogP contribution is 2.47. The maximum Gasteiger partial charge on any atom is 0.144 e. The number of rotatable bonds is 3. The SMILES string of the molecule is [B]c1nc2cc[nH]c2c2c1NC(/C(C=C)=C/C=C)C1CC=CC21. The summed E-state index contributed by atoms with van der Waals surface area (Å²) in [6.07, 6.45) is 13.2. The van der Waals surface area contributed by atoms with Gasteiger partial charge in [0.2, 0.25) is 0 Å². The predicted octanol–water partition coefficient (Wildman–Crippen LogP) is 3.11. The van der Waals surface area contributed by atoms with Crippen LogP contribution in [0.3, 0.4) is 0 Å². The Morgan fingerprint density at radius 1 is 1.39 bits per heavy atom. The molecular weight excluding hydrogens is 281 g/mol. The van der Waals surface area contributed by atoms with Crippen LogP contribution in [-0.2, 0) is 0 Å². The van der Waals surface area contributed by atoms with Gasteiger partial charge in [-0.25, -0.2) is 0 Å². The molecule has 3 atom stereocenters. The van der Waals surface area contributed by atoms with Gasteiger partial charge < -0.3 is 10.3 Å². The first-order valence-electron chi connectivity index (χ1n) is 7.89. The van der Waals surface area contributed by atoms with E-state index in [9.17, 15) is 0 Å². The van der Waals surface area contributed by atoms with Crippen LogP contribution in [0.1, 0.15) is 17.9 Å². The van der Waals surface area contributed by atoms with E-state index < -0.39 is 0 Å². The minimum Gasteiger partial charge on any atom is -0.377 e. The Morgan fingerprint density at radius 2 is 2.26 bits per heavy atom. The lowest BCUT2D eigenvalue weighted by Gasteiger charge is -2.38. The zero-order valence-corrected chi connectivity index (χ0v) is 12.9. The molecule has 0 bridgehead atoms. The molecule has 0 aromatic carbocycles. The molecule has 3 nitrogen and oxygen atoms in total. The van der Waals surface area contributed by atoms with Crippen molar-refractivity contribution in [1.82, 2.24) is 9.97 Å². The Hall–Kier alpha value is -2.49. The molecule has 0 spiro atoms. The Balaban J connectivity index is 1.93. The minimum absolute atomic E-state index is 0.162. The van der Waals surface area contributed by atoms with Crippen molar-refractivity contribution in [2.24, 2.45) is 5.92 Å². The van der Waals surface area contributed by atoms with Crippen LogP contribution in [0.4, 0.5) is 5.69 Å². The standard InChI is InChI=1S/C19H18BN3/c1-3-6-11(4-2)16-13-8-5-7-12(13)15-17-14(9-10-21-17)22-19(20)18(15)23-16/h3-7,9-10,12-13,16,21,23H,1-2,8H2/b11-6+. The minimum atomic E-state index is 0.162. The number of aromatic amines is 1. The van der Waals surface area contributed by atoms with Gasteiger partial charge in [0.1, 0.15) is 7.85 Å². The zero-order chi connectivity index (χ0) is 16.0. The lowest BCUT2D eigenvalue weighted by Crippen LogP contribution is -2.40. The van der Waals surface area contributed by atoms with E-state index in [1.165, 1.54) is 5.56 Å². The van der Waals surface area contributed by atoms with E-state index in [-0.39, 0.29) is 6.04 Å². The molecule has 1 aliphatic carbocycles. The first-order valence-corrected chi connectivity index (χ1v) is 7.89. The maximum absolute atomic E-state index is 6.25. The smallest absolute Gasteiger partial charge is 0.144 e. The van der Waals surface area contributed by atoms with Gasteiger partial charge in [0.05, 0.1) is 22.8 Å². The Bertz CT molecular complexity index is 859. The zero-order valence-electron chi connectivity index (χ0n) is 12.9. The number of nitrogens with zero attached hydrogens (tertiary/aromatic N) is 1. The molecule has 2 N–H and O–H groups in total. The molecule has 4 rings (SSSR count). The molecule has 2 aromatic rings. The number of hydrogen-bond acceptors (Lipinski definition) is 2. The summed E-state index contributed by atoms with van der Waals surface area (Å²) < 4.78 is 0. The van der Waals surface area contributed by atoms with Crippen molar-refractivity contribution in [1.29, 1.82) is 0 Å². The van der Waals surface area contributed by atoms with E-state index in [1.807, 2.05) is 24.4 Å². The van der Waals surface area contributed by atoms with Crippen LogP contribution in [0.5, 0.6) is 0 Å². The van der Waals surface area contributed by atoms with Gasteiger partial charge in [0.15, 0.2) is 0 Å². The lowest BCUT2D eigenvalue weighted by molar-refractivity contribution is 0.457. The Kier molecular flexibility index (Phi) is 3.26. The highest BCUT2D eigenvalue weighted by Gasteiger charge is 2.40. The molecule has 1 aliphatic heterocycles. The number of fused-ring (bicyclic) bond motifs is 5. The average Bonchev–Trinajstić information content (AvgIpc) is 3.20. The lowest BCUT2D eigenvalue weighted by atomic mass is 9.75. The summed E-state index contributed by atoms with van der Waals surface area (Å²) in [7, 11) is 6.25. The molecule has 3 heterocycles. The molecule has 0 saturated heterocycles. The molecule has 2 aliphatic rings. The number of aromatic nitrogens is 2. The number of anilines is 1. The molecular formula is C19H18BN3. The van der Waals surface area contributed by atoms with Crippen LogP contribution in [0, 0.1) is 5.92 Å². The maximum atomic E-state index is 6.25. The van der Waals surface area contributed by atoms with Gasteiger partial charge in [-0.2, -0.15) is 0 Å². The van der Waals surface area contributed by atoms with Gasteiger partial charge in [0, 0.05) is 23.3 Å². The van der Waals surface area contributed by atoms with Gasteiger partial charge in [0.25, 0.3) is 0 Å². The van der Waals surface area contributed by atoms with Crippen LogP contribution in [0.2, 0.25) is 0 Å². The number of allylic oxidation sites excluding steroid dienone is 4. The molecule has 0 saturated carbocycles. The fraction of sp³-hybridized carbons (Fsp3) is 0.211. The average molecular weight is 299 g/mol. The molecule has 2 radical (unpaired) electrons. The fourth-order valence-electron chi connectivity index (χ4n) is 3.96. The van der Waals surface area contributed by atoms with Gasteiger partial charge in [-0.1, -0.05) is 43.5 Å². The largest absolute Gasteiger partial charge is 0.377 e. The quantitative estimate of drug-likeness (QED) is 0.519. The number of nitrogens with one attached hydrogen (secondary N) is 2. The first kappa shape index (κ1) is 14.1. The van der Waals surface area contributed by atoms with Crippen LogP contribution >= 0.6 is 0 Å². The van der Waals surface area contributed by atoms with E-state index >= 15 is 0 Å². The van der Waals surface area contributed by atoms with Crippen molar-refractivity contribution in [3.63, 3.8) is 0 Å². The second-order valence-electron chi connectivity index (χ2n) is 6.11. The summed E-state index contributed by atoms with van der Waals surface area (Å²) in [6, 6.07) is 2.13. The van der Waals surface area contributed by atoms with Crippen LogP contribution < -0.4 is 10.9 Å². The van der Waals surface area contributed by atoms with Crippen LogP contribution in [-0.4, -0.2) is 23.9 Å². The normalized spacial score (nSPS) is 25.7. The van der Waals surface area contributed by atoms with Crippen LogP contribution in [0.15, 0.2) is 61.4 Å². The molecule has 3 unspecified atom stereocenters. The van der Waals surface area contributed by atoms with Crippen LogP contribution in [0.25, 0.3) is 11.0 Å². The highest BCUT2D eigenvalue weighted by atomic mass is 15.0. The van der Waals surface area contributed by atoms with E-state index in [0.29, 0.717) is 17.4 Å². The summed E-state index contributed by atoms with van der Waals surface area (Å²) in [5.41, 5.74) is 5.86. The second kappa shape index (κ2) is 5.30. The van der Waals surface area contributed by atoms with Crippen molar-refractivity contribution in [3.8, 4) is 0 Å². The topological polar surface area (TPSA) is 40.7 Å². The number of hydrogen-bond donors (Lipinski definition) is 2. The Labute approximate surface area is 137 Å². The summed E-state index contributed by atoms with van der Waals surface area (Å²) >= 11 is 0. The fourth-order valence-corrected chi connectivity index (χ4v) is 3.96. The first-order chi connectivity index (χ1) is 11.2. The van der Waals surface area contributed by atoms with E-state index in [4.69, 9.17) is 7.85 Å². The Morgan fingerprint density at radius 3 is 3.04 bits per heavy atom. The van der Waals surface area contributed by atoms with Crippen molar-refractivity contribution in [2.45, 2.75) is 18.4 Å². The third kappa shape index (κ3) is 2.01. The van der Waals surface area contributed by atoms with Gasteiger partial charge >= 0.3 is 0 Å². The summed E-state index contributed by atoms with van der Waals surface area (Å²) in [5.74, 6) is 0.774. The molecule has 0 fully saturated rings. The predicted molar refractivity (Wildman–Crippen MR) is 97.4 cm³/mol. The van der Waals surface area contributed by atoms with Gasteiger partial charge in [-0.15, -0.1) is 0 Å². The van der Waals surface area contributed by atoms with Gasteiger partial charge in [-0.05, 0) is 24.0 Å². The van der Waals surface area contributed by atoms with Crippen molar-refractivity contribution >= 4 is 30.2 Å². The molecule has 4 heteroatoms. The molecule has 0 amide bonds. The number of pyridine rings is 1. The van der Waals surface area contributed by atoms with E-state index in [0.717, 1.165) is 28.7 Å². The third-order valence-electron chi connectivity index (χ3n) is 4.94. The van der Waals surface area contributed by atoms with Crippen molar-refractivity contribution in [2.75, 3.05) is 5.32 Å². The highest BCUT2D eigenvalue weighted by molar-refractivity contribution is 6.35. The third-order valence-corrected chi connectivity index (χ3v) is 4.94. The second-order valence-corrected chi connectivity index (χ2v) is 6.11. The van der Waals surface area contributed by atoms with Crippen molar-refractivity contribution < 1.29 is 0 Å². The van der Waals surface area contributed by atoms with E-state index in [1.54, 1.807) is 6.08 Å². The molecule has 2 aromatic heterocycles.